The van der Waals surface area contributed by atoms with E-state index in [2.05, 4.69) is 27.8 Å². The number of carbonyl (C=O) groups is 2. The van der Waals surface area contributed by atoms with E-state index in [0.29, 0.717) is 18.0 Å². The maximum absolute atomic E-state index is 12.1. The predicted molar refractivity (Wildman–Crippen MR) is 86.9 cm³/mol. The molecule has 0 spiro atoms. The van der Waals surface area contributed by atoms with Crippen molar-refractivity contribution >= 4 is 49.3 Å². The summed E-state index contributed by atoms with van der Waals surface area (Å²) >= 11 is 1.46. The number of amides is 2. The number of benzene rings is 2. The Bertz CT molecular complexity index is 903. The molecule has 2 heterocycles. The van der Waals surface area contributed by atoms with E-state index in [9.17, 15) is 9.59 Å². The number of nitrogens with zero attached hydrogens (tertiary/aromatic N) is 1. The summed E-state index contributed by atoms with van der Waals surface area (Å²) < 4.78 is 1.06. The minimum Gasteiger partial charge on any atom is -0.344 e. The van der Waals surface area contributed by atoms with Crippen LogP contribution in [0.2, 0.25) is 0 Å². The molecular formula is C16H13N3O2S. The molecule has 1 atom stereocenters. The Morgan fingerprint density at radius 3 is 2.95 bits per heavy atom. The van der Waals surface area contributed by atoms with E-state index in [1.807, 2.05) is 24.3 Å². The van der Waals surface area contributed by atoms with Crippen molar-refractivity contribution in [2.24, 2.45) is 0 Å². The third-order valence-corrected chi connectivity index (χ3v) is 4.84. The van der Waals surface area contributed by atoms with Gasteiger partial charge in [0.25, 0.3) is 0 Å². The number of nitrogens with one attached hydrogen (secondary N) is 2. The highest BCUT2D eigenvalue weighted by Crippen LogP contribution is 2.32. The summed E-state index contributed by atoms with van der Waals surface area (Å²) in [5, 5.41) is 8.33. The van der Waals surface area contributed by atoms with Crippen molar-refractivity contribution in [3.63, 3.8) is 0 Å². The Morgan fingerprint density at radius 1 is 1.27 bits per heavy atom. The Morgan fingerprint density at radius 2 is 2.14 bits per heavy atom. The Labute approximate surface area is 130 Å². The first-order valence-electron chi connectivity index (χ1n) is 7.09. The molecule has 0 radical (unpaired) electrons. The van der Waals surface area contributed by atoms with Gasteiger partial charge in [0.15, 0.2) is 5.13 Å². The van der Waals surface area contributed by atoms with Gasteiger partial charge in [-0.05, 0) is 17.9 Å². The second-order valence-electron chi connectivity index (χ2n) is 5.30. The second-order valence-corrected chi connectivity index (χ2v) is 6.30. The minimum atomic E-state index is -0.448. The molecule has 2 aromatic carbocycles. The molecule has 110 valence electrons. The molecule has 1 fully saturated rings. The van der Waals surface area contributed by atoms with Gasteiger partial charge in [-0.2, -0.15) is 0 Å². The first-order chi connectivity index (χ1) is 10.7. The first kappa shape index (κ1) is 13.2. The van der Waals surface area contributed by atoms with Crippen molar-refractivity contribution in [1.82, 2.24) is 10.3 Å². The molecule has 4 rings (SSSR count). The molecule has 0 unspecified atom stereocenters. The van der Waals surface area contributed by atoms with Gasteiger partial charge in [-0.25, -0.2) is 4.98 Å². The Balaban J connectivity index is 1.66. The number of hydrogen-bond acceptors (Lipinski definition) is 4. The number of thiazole rings is 1. The van der Waals surface area contributed by atoms with Gasteiger partial charge in [-0.3, -0.25) is 9.59 Å². The van der Waals surface area contributed by atoms with Gasteiger partial charge in [-0.15, -0.1) is 0 Å². The van der Waals surface area contributed by atoms with Crippen LogP contribution < -0.4 is 10.6 Å². The summed E-state index contributed by atoms with van der Waals surface area (Å²) in [5.74, 6) is -0.273. The largest absolute Gasteiger partial charge is 0.344 e. The maximum atomic E-state index is 12.1. The van der Waals surface area contributed by atoms with Crippen molar-refractivity contribution in [3.8, 4) is 0 Å². The lowest BCUT2D eigenvalue weighted by atomic mass is 10.1. The molecule has 5 nitrogen and oxygen atoms in total. The molecule has 3 aromatic rings. The highest BCUT2D eigenvalue weighted by Gasteiger charge is 2.27. The quantitative estimate of drug-likeness (QED) is 0.764. The number of fused-ring (bicyclic) bond motifs is 3. The van der Waals surface area contributed by atoms with Crippen LogP contribution in [-0.2, 0) is 9.59 Å². The predicted octanol–water partition coefficient (Wildman–Crippen LogP) is 2.67. The first-order valence-corrected chi connectivity index (χ1v) is 7.91. The fourth-order valence-electron chi connectivity index (χ4n) is 2.71. The van der Waals surface area contributed by atoms with Gasteiger partial charge < -0.3 is 10.6 Å². The van der Waals surface area contributed by atoms with Crippen molar-refractivity contribution in [3.05, 3.63) is 36.4 Å². The van der Waals surface area contributed by atoms with Crippen LogP contribution in [0.25, 0.3) is 21.0 Å². The van der Waals surface area contributed by atoms with Gasteiger partial charge in [-0.1, -0.05) is 41.7 Å². The zero-order valence-corrected chi connectivity index (χ0v) is 12.4. The van der Waals surface area contributed by atoms with Crippen LogP contribution in [0, 0.1) is 0 Å². The molecule has 1 saturated heterocycles. The lowest BCUT2D eigenvalue weighted by Gasteiger charge is -2.08. The van der Waals surface area contributed by atoms with E-state index in [0.717, 1.165) is 21.0 Å². The summed E-state index contributed by atoms with van der Waals surface area (Å²) in [4.78, 5) is 27.8. The molecule has 22 heavy (non-hydrogen) atoms. The molecule has 1 aliphatic heterocycles. The zero-order valence-electron chi connectivity index (χ0n) is 11.6. The van der Waals surface area contributed by atoms with E-state index in [4.69, 9.17) is 0 Å². The average molecular weight is 311 g/mol. The molecule has 0 aliphatic carbocycles. The van der Waals surface area contributed by atoms with Crippen LogP contribution in [0.3, 0.4) is 0 Å². The third kappa shape index (κ3) is 2.21. The molecular weight excluding hydrogens is 298 g/mol. The average Bonchev–Trinajstić information content (AvgIpc) is 3.13. The van der Waals surface area contributed by atoms with Crippen LogP contribution in [0.4, 0.5) is 5.13 Å². The molecule has 2 N–H and O–H groups in total. The highest BCUT2D eigenvalue weighted by molar-refractivity contribution is 7.23. The van der Waals surface area contributed by atoms with Crippen LogP contribution in [0.5, 0.6) is 0 Å². The molecule has 0 saturated carbocycles. The number of aromatic nitrogens is 1. The summed E-state index contributed by atoms with van der Waals surface area (Å²) in [6, 6.07) is 11.6. The van der Waals surface area contributed by atoms with E-state index in [1.165, 1.54) is 11.3 Å². The van der Waals surface area contributed by atoms with Crippen molar-refractivity contribution < 1.29 is 9.59 Å². The smallest absolute Gasteiger partial charge is 0.248 e. The lowest BCUT2D eigenvalue weighted by Crippen LogP contribution is -2.37. The summed E-state index contributed by atoms with van der Waals surface area (Å²) in [7, 11) is 0. The number of anilines is 1. The van der Waals surface area contributed by atoms with Crippen LogP contribution in [-0.4, -0.2) is 22.8 Å². The van der Waals surface area contributed by atoms with Crippen LogP contribution >= 0.6 is 11.3 Å². The number of carbonyl (C=O) groups excluding carboxylic acids is 2. The summed E-state index contributed by atoms with van der Waals surface area (Å²) in [6.45, 7) is 0. The van der Waals surface area contributed by atoms with E-state index in [1.54, 1.807) is 0 Å². The van der Waals surface area contributed by atoms with Crippen LogP contribution in [0.15, 0.2) is 36.4 Å². The van der Waals surface area contributed by atoms with Gasteiger partial charge in [0.2, 0.25) is 11.8 Å². The van der Waals surface area contributed by atoms with Crippen LogP contribution in [0.1, 0.15) is 12.8 Å². The summed E-state index contributed by atoms with van der Waals surface area (Å²) in [6.07, 6.45) is 0.945. The topological polar surface area (TPSA) is 71.1 Å². The molecule has 0 bridgehead atoms. The van der Waals surface area contributed by atoms with Crippen molar-refractivity contribution in [2.75, 3.05) is 5.32 Å². The molecule has 1 aromatic heterocycles. The normalized spacial score (nSPS) is 17.8. The molecule has 6 heteroatoms. The van der Waals surface area contributed by atoms with Gasteiger partial charge in [0.05, 0.1) is 10.2 Å². The fourth-order valence-corrected chi connectivity index (χ4v) is 3.72. The maximum Gasteiger partial charge on any atom is 0.248 e. The summed E-state index contributed by atoms with van der Waals surface area (Å²) in [5.41, 5.74) is 0.870. The number of rotatable bonds is 2. The molecule has 1 aliphatic rings. The van der Waals surface area contributed by atoms with Crippen molar-refractivity contribution in [2.45, 2.75) is 18.9 Å². The van der Waals surface area contributed by atoms with Gasteiger partial charge in [0, 0.05) is 11.8 Å². The fraction of sp³-hybridized carbons (Fsp3) is 0.188. The second kappa shape index (κ2) is 5.06. The standard InChI is InChI=1S/C16H13N3O2S/c20-13-8-7-12(17-13)15(21)19-16-18-11-6-5-9-3-1-2-4-10(9)14(11)22-16/h1-6,12H,7-8H2,(H,17,20)(H,18,19,21)/t12-/m0/s1. The SMILES string of the molecule is O=C1CC[C@@H](C(=O)Nc2nc3ccc4ccccc4c3s2)N1. The van der Waals surface area contributed by atoms with E-state index in [-0.39, 0.29) is 11.8 Å². The van der Waals surface area contributed by atoms with Gasteiger partial charge >= 0.3 is 0 Å². The lowest BCUT2D eigenvalue weighted by molar-refractivity contribution is -0.122. The monoisotopic (exact) mass is 311 g/mol. The number of hydrogen-bond donors (Lipinski definition) is 2. The highest BCUT2D eigenvalue weighted by atomic mass is 32.1. The molecule has 2 amide bonds. The third-order valence-electron chi connectivity index (χ3n) is 3.82. The minimum absolute atomic E-state index is 0.0737. The zero-order chi connectivity index (χ0) is 15.1. The Kier molecular flexibility index (Phi) is 3.04. The van der Waals surface area contributed by atoms with Gasteiger partial charge in [0.1, 0.15) is 6.04 Å². The Hall–Kier alpha value is -2.47. The van der Waals surface area contributed by atoms with E-state index >= 15 is 0 Å². The van der Waals surface area contributed by atoms with E-state index < -0.39 is 6.04 Å². The van der Waals surface area contributed by atoms with Crippen molar-refractivity contribution in [1.29, 1.82) is 0 Å².